The summed E-state index contributed by atoms with van der Waals surface area (Å²) in [5.41, 5.74) is 7.48. The molecule has 1 nitrogen and oxygen atoms in total. The van der Waals surface area contributed by atoms with E-state index in [-0.39, 0.29) is 0 Å². The van der Waals surface area contributed by atoms with Crippen molar-refractivity contribution in [2.75, 3.05) is 0 Å². The van der Waals surface area contributed by atoms with E-state index in [1.165, 1.54) is 33.6 Å². The highest BCUT2D eigenvalue weighted by molar-refractivity contribution is 5.74. The van der Waals surface area contributed by atoms with Crippen molar-refractivity contribution in [2.24, 2.45) is 0 Å². The van der Waals surface area contributed by atoms with Crippen LogP contribution in [0.4, 0.5) is 0 Å². The van der Waals surface area contributed by atoms with Gasteiger partial charge in [0.05, 0.1) is 0 Å². The first-order valence-electron chi connectivity index (χ1n) is 8.27. The summed E-state index contributed by atoms with van der Waals surface area (Å²) in [6, 6.07) is 34.0. The minimum absolute atomic E-state index is 0.901. The minimum atomic E-state index is 0.901. The van der Waals surface area contributed by atoms with Gasteiger partial charge in [0.15, 0.2) is 0 Å². The van der Waals surface area contributed by atoms with Gasteiger partial charge >= 0.3 is 0 Å². The van der Waals surface area contributed by atoms with Crippen LogP contribution in [0, 0.1) is 0 Å². The fourth-order valence-electron chi connectivity index (χ4n) is 3.09. The van der Waals surface area contributed by atoms with Crippen molar-refractivity contribution in [3.05, 3.63) is 108 Å². The van der Waals surface area contributed by atoms with Gasteiger partial charge in [0.2, 0.25) is 0 Å². The molecule has 0 aliphatic heterocycles. The van der Waals surface area contributed by atoms with E-state index in [0.29, 0.717) is 0 Å². The Kier molecular flexibility index (Phi) is 3.99. The summed E-state index contributed by atoms with van der Waals surface area (Å²) in [5, 5.41) is 0. The number of benzene rings is 3. The Morgan fingerprint density at radius 2 is 1.12 bits per heavy atom. The zero-order valence-corrected chi connectivity index (χ0v) is 13.4. The molecule has 0 amide bonds. The molecular formula is C23H19N. The molecule has 0 aliphatic rings. The molecule has 0 saturated heterocycles. The van der Waals surface area contributed by atoms with Crippen molar-refractivity contribution >= 4 is 0 Å². The summed E-state index contributed by atoms with van der Waals surface area (Å²) in [6.45, 7) is 0. The smallest absolute Gasteiger partial charge is 0.0462 e. The van der Waals surface area contributed by atoms with E-state index in [0.717, 1.165) is 6.42 Å². The van der Waals surface area contributed by atoms with E-state index in [4.69, 9.17) is 0 Å². The average Bonchev–Trinajstić information content (AvgIpc) is 3.08. The second kappa shape index (κ2) is 6.59. The lowest BCUT2D eigenvalue weighted by Gasteiger charge is -2.05. The molecule has 1 heterocycles. The topological polar surface area (TPSA) is 15.8 Å². The third-order valence-electron chi connectivity index (χ3n) is 4.29. The molecule has 4 aromatic rings. The zero-order valence-electron chi connectivity index (χ0n) is 13.4. The predicted molar refractivity (Wildman–Crippen MR) is 101 cm³/mol. The monoisotopic (exact) mass is 309 g/mol. The van der Waals surface area contributed by atoms with Crippen LogP contribution in [0.15, 0.2) is 97.1 Å². The number of H-pyrrole nitrogens is 1. The maximum Gasteiger partial charge on any atom is 0.0462 e. The first-order valence-corrected chi connectivity index (χ1v) is 8.27. The van der Waals surface area contributed by atoms with Gasteiger partial charge in [0.25, 0.3) is 0 Å². The highest BCUT2D eigenvalue weighted by Gasteiger charge is 2.11. The molecule has 3 aromatic carbocycles. The Labute approximate surface area is 142 Å². The van der Waals surface area contributed by atoms with Crippen LogP contribution in [0.5, 0.6) is 0 Å². The molecule has 24 heavy (non-hydrogen) atoms. The van der Waals surface area contributed by atoms with Crippen LogP contribution in [0.1, 0.15) is 11.3 Å². The number of aromatic amines is 1. The number of hydrogen-bond acceptors (Lipinski definition) is 0. The van der Waals surface area contributed by atoms with E-state index in [1.54, 1.807) is 0 Å². The minimum Gasteiger partial charge on any atom is -0.358 e. The average molecular weight is 309 g/mol. The molecule has 1 aromatic heterocycles. The van der Waals surface area contributed by atoms with E-state index in [9.17, 15) is 0 Å². The Balaban J connectivity index is 1.80. The largest absolute Gasteiger partial charge is 0.358 e. The van der Waals surface area contributed by atoms with Crippen molar-refractivity contribution in [1.82, 2.24) is 4.98 Å². The lowest BCUT2D eigenvalue weighted by molar-refractivity contribution is 1.11. The van der Waals surface area contributed by atoms with Gasteiger partial charge in [-0.1, -0.05) is 91.0 Å². The SMILES string of the molecule is c1ccc(Cc2[nH]c(-c3ccccc3)cc2-c2ccccc2)cc1. The Hall–Kier alpha value is -3.06. The van der Waals surface area contributed by atoms with Gasteiger partial charge < -0.3 is 4.98 Å². The van der Waals surface area contributed by atoms with Gasteiger partial charge in [-0.05, 0) is 22.8 Å². The molecule has 0 spiro atoms. The third kappa shape index (κ3) is 3.02. The predicted octanol–water partition coefficient (Wildman–Crippen LogP) is 5.94. The van der Waals surface area contributed by atoms with E-state index >= 15 is 0 Å². The van der Waals surface area contributed by atoms with E-state index in [2.05, 4.69) is 102 Å². The number of nitrogens with one attached hydrogen (secondary N) is 1. The molecule has 1 heteroatoms. The van der Waals surface area contributed by atoms with Crippen molar-refractivity contribution in [2.45, 2.75) is 6.42 Å². The molecule has 4 rings (SSSR count). The summed E-state index contributed by atoms with van der Waals surface area (Å²) in [5.74, 6) is 0. The molecule has 0 aliphatic carbocycles. The third-order valence-corrected chi connectivity index (χ3v) is 4.29. The van der Waals surface area contributed by atoms with Crippen LogP contribution in [-0.2, 0) is 6.42 Å². The maximum absolute atomic E-state index is 3.65. The van der Waals surface area contributed by atoms with Crippen molar-refractivity contribution in [1.29, 1.82) is 0 Å². The molecule has 0 atom stereocenters. The van der Waals surface area contributed by atoms with Gasteiger partial charge in [-0.3, -0.25) is 0 Å². The van der Waals surface area contributed by atoms with Crippen LogP contribution in [0.3, 0.4) is 0 Å². The normalized spacial score (nSPS) is 10.7. The molecule has 0 fully saturated rings. The molecular weight excluding hydrogens is 290 g/mol. The fourth-order valence-corrected chi connectivity index (χ4v) is 3.09. The highest BCUT2D eigenvalue weighted by Crippen LogP contribution is 2.31. The molecule has 0 bridgehead atoms. The lowest BCUT2D eigenvalue weighted by atomic mass is 10.0. The van der Waals surface area contributed by atoms with Gasteiger partial charge in [-0.25, -0.2) is 0 Å². The van der Waals surface area contributed by atoms with Crippen molar-refractivity contribution < 1.29 is 0 Å². The number of hydrogen-bond donors (Lipinski definition) is 1. The summed E-state index contributed by atoms with van der Waals surface area (Å²) in [7, 11) is 0. The zero-order chi connectivity index (χ0) is 16.2. The molecule has 1 N–H and O–H groups in total. The van der Waals surface area contributed by atoms with Crippen molar-refractivity contribution in [3.63, 3.8) is 0 Å². The second-order valence-corrected chi connectivity index (χ2v) is 5.97. The van der Waals surface area contributed by atoms with Crippen LogP contribution in [-0.4, -0.2) is 4.98 Å². The number of aromatic nitrogens is 1. The van der Waals surface area contributed by atoms with Crippen LogP contribution < -0.4 is 0 Å². The second-order valence-electron chi connectivity index (χ2n) is 5.97. The quantitative estimate of drug-likeness (QED) is 0.480. The van der Waals surface area contributed by atoms with Crippen LogP contribution in [0.25, 0.3) is 22.4 Å². The first kappa shape index (κ1) is 14.5. The summed E-state index contributed by atoms with van der Waals surface area (Å²) in [6.07, 6.45) is 0.901. The number of rotatable bonds is 4. The maximum atomic E-state index is 3.65. The fraction of sp³-hybridized carbons (Fsp3) is 0.0435. The van der Waals surface area contributed by atoms with Gasteiger partial charge in [-0.2, -0.15) is 0 Å². The standard InChI is InChI=1S/C23H19N/c1-4-10-18(11-5-1)16-23-21(19-12-6-2-7-13-19)17-22(24-23)20-14-8-3-9-15-20/h1-15,17,24H,16H2. The summed E-state index contributed by atoms with van der Waals surface area (Å²) >= 11 is 0. The van der Waals surface area contributed by atoms with Gasteiger partial charge in [-0.15, -0.1) is 0 Å². The molecule has 0 unspecified atom stereocenters. The molecule has 0 saturated carbocycles. The Morgan fingerprint density at radius 1 is 0.583 bits per heavy atom. The van der Waals surface area contributed by atoms with E-state index < -0.39 is 0 Å². The van der Waals surface area contributed by atoms with Crippen LogP contribution >= 0.6 is 0 Å². The first-order chi connectivity index (χ1) is 11.9. The van der Waals surface area contributed by atoms with E-state index in [1.807, 2.05) is 0 Å². The summed E-state index contributed by atoms with van der Waals surface area (Å²) in [4.78, 5) is 3.65. The molecule has 0 radical (unpaired) electrons. The Bertz CT molecular complexity index is 906. The molecule has 116 valence electrons. The Morgan fingerprint density at radius 3 is 1.75 bits per heavy atom. The van der Waals surface area contributed by atoms with Gasteiger partial charge in [0, 0.05) is 23.4 Å². The lowest BCUT2D eigenvalue weighted by Crippen LogP contribution is -1.91. The summed E-state index contributed by atoms with van der Waals surface area (Å²) < 4.78 is 0. The van der Waals surface area contributed by atoms with Gasteiger partial charge in [0.1, 0.15) is 0 Å². The van der Waals surface area contributed by atoms with Crippen LogP contribution in [0.2, 0.25) is 0 Å². The highest BCUT2D eigenvalue weighted by atomic mass is 14.7. The van der Waals surface area contributed by atoms with Crippen molar-refractivity contribution in [3.8, 4) is 22.4 Å².